The Hall–Kier alpha value is -0.830. The van der Waals surface area contributed by atoms with Crippen molar-refractivity contribution in [2.45, 2.75) is 17.3 Å². The summed E-state index contributed by atoms with van der Waals surface area (Å²) in [5.41, 5.74) is 0.625. The minimum absolute atomic E-state index is 0.625. The van der Waals surface area contributed by atoms with Gasteiger partial charge in [0.05, 0.1) is 5.56 Å². The van der Waals surface area contributed by atoms with Crippen LogP contribution in [0.1, 0.15) is 18.9 Å². The number of hydrogen-bond acceptors (Lipinski definition) is 3. The molecule has 2 unspecified atom stereocenters. The molecule has 0 N–H and O–H groups in total. The molecule has 2 rings (SSSR count). The molecule has 0 aromatic carbocycles. The summed E-state index contributed by atoms with van der Waals surface area (Å²) in [7, 11) is 0. The second kappa shape index (κ2) is 5.00. The first-order valence-electron chi connectivity index (χ1n) is 5.46. The summed E-state index contributed by atoms with van der Waals surface area (Å²) in [5.74, 6) is 1.78. The molecule has 1 aromatic rings. The van der Waals surface area contributed by atoms with E-state index in [1.165, 1.54) is 6.42 Å². The fourth-order valence-corrected chi connectivity index (χ4v) is 2.70. The molecule has 0 radical (unpaired) electrons. The maximum Gasteiger partial charge on any atom is 0.128 e. The Morgan fingerprint density at radius 2 is 2.38 bits per heavy atom. The van der Waals surface area contributed by atoms with E-state index in [0.29, 0.717) is 9.49 Å². The average molecular weight is 327 g/mol. The van der Waals surface area contributed by atoms with Crippen LogP contribution in [0.15, 0.2) is 18.3 Å². The van der Waals surface area contributed by atoms with Crippen LogP contribution in [0.3, 0.4) is 0 Å². The van der Waals surface area contributed by atoms with Gasteiger partial charge < -0.3 is 4.90 Å². The van der Waals surface area contributed by atoms with E-state index >= 15 is 0 Å². The number of anilines is 1. The number of piperidine rings is 1. The molecule has 1 aliphatic rings. The first-order chi connectivity index (χ1) is 7.70. The summed E-state index contributed by atoms with van der Waals surface area (Å²) in [6, 6.07) is 5.87. The van der Waals surface area contributed by atoms with Gasteiger partial charge in [-0.3, -0.25) is 0 Å². The number of alkyl halides is 1. The Balaban J connectivity index is 2.10. The van der Waals surface area contributed by atoms with Crippen LogP contribution in [0.4, 0.5) is 5.82 Å². The minimum atomic E-state index is 0.625. The quantitative estimate of drug-likeness (QED) is 0.588. The molecule has 0 aliphatic carbocycles. The lowest BCUT2D eigenvalue weighted by Gasteiger charge is -2.35. The number of halogens is 1. The highest BCUT2D eigenvalue weighted by Crippen LogP contribution is 2.26. The normalized spacial score (nSPS) is 25.2. The molecule has 2 atom stereocenters. The number of rotatable bonds is 1. The molecular weight excluding hydrogens is 313 g/mol. The largest absolute Gasteiger partial charge is 0.356 e. The number of pyridine rings is 1. The minimum Gasteiger partial charge on any atom is -0.356 e. The average Bonchev–Trinajstić information content (AvgIpc) is 2.33. The summed E-state index contributed by atoms with van der Waals surface area (Å²) >= 11 is 2.52. The predicted octanol–water partition coefficient (Wildman–Crippen LogP) is 2.60. The van der Waals surface area contributed by atoms with Gasteiger partial charge in [-0.15, -0.1) is 0 Å². The van der Waals surface area contributed by atoms with Crippen molar-refractivity contribution in [1.29, 1.82) is 5.26 Å². The Morgan fingerprint density at radius 3 is 2.94 bits per heavy atom. The highest BCUT2D eigenvalue weighted by atomic mass is 127. The van der Waals surface area contributed by atoms with Crippen LogP contribution in [0.5, 0.6) is 0 Å². The van der Waals surface area contributed by atoms with Crippen molar-refractivity contribution in [3.63, 3.8) is 0 Å². The number of hydrogen-bond donors (Lipinski definition) is 0. The lowest BCUT2D eigenvalue weighted by Crippen LogP contribution is -2.40. The summed E-state index contributed by atoms with van der Waals surface area (Å²) in [4.78, 5) is 6.64. The Labute approximate surface area is 110 Å². The number of nitriles is 1. The second-order valence-corrected chi connectivity index (χ2v) is 5.84. The SMILES string of the molecule is CC1CCN(c2ccc(C#N)cn2)CC1I. The number of aromatic nitrogens is 1. The topological polar surface area (TPSA) is 39.9 Å². The smallest absolute Gasteiger partial charge is 0.128 e. The first kappa shape index (κ1) is 11.6. The zero-order chi connectivity index (χ0) is 11.5. The summed E-state index contributed by atoms with van der Waals surface area (Å²) in [5, 5.41) is 8.71. The van der Waals surface area contributed by atoms with E-state index in [4.69, 9.17) is 5.26 Å². The summed E-state index contributed by atoms with van der Waals surface area (Å²) < 4.78 is 0.684. The van der Waals surface area contributed by atoms with Gasteiger partial charge in [0.15, 0.2) is 0 Å². The molecule has 1 aromatic heterocycles. The van der Waals surface area contributed by atoms with E-state index in [1.807, 2.05) is 12.1 Å². The third kappa shape index (κ3) is 2.46. The molecule has 1 aliphatic heterocycles. The van der Waals surface area contributed by atoms with Crippen LogP contribution in [0.2, 0.25) is 0 Å². The molecule has 2 heterocycles. The van der Waals surface area contributed by atoms with Crippen molar-refractivity contribution < 1.29 is 0 Å². The molecular formula is C12H14IN3. The molecule has 1 fully saturated rings. The monoisotopic (exact) mass is 327 g/mol. The molecule has 1 saturated heterocycles. The molecule has 3 nitrogen and oxygen atoms in total. The van der Waals surface area contributed by atoms with E-state index in [9.17, 15) is 0 Å². The fraction of sp³-hybridized carbons (Fsp3) is 0.500. The van der Waals surface area contributed by atoms with Crippen molar-refractivity contribution >= 4 is 28.4 Å². The summed E-state index contributed by atoms with van der Waals surface area (Å²) in [6.07, 6.45) is 2.87. The van der Waals surface area contributed by atoms with Crippen molar-refractivity contribution in [3.05, 3.63) is 23.9 Å². The molecule has 0 amide bonds. The molecule has 4 heteroatoms. The van der Waals surface area contributed by atoms with Gasteiger partial charge in [-0.05, 0) is 24.5 Å². The van der Waals surface area contributed by atoms with Crippen molar-refractivity contribution in [1.82, 2.24) is 4.98 Å². The van der Waals surface area contributed by atoms with Gasteiger partial charge in [0.25, 0.3) is 0 Å². The molecule has 84 valence electrons. The van der Waals surface area contributed by atoms with Gasteiger partial charge in [0.1, 0.15) is 11.9 Å². The molecule has 0 bridgehead atoms. The lowest BCUT2D eigenvalue weighted by atomic mass is 9.99. The van der Waals surface area contributed by atoms with E-state index in [-0.39, 0.29) is 0 Å². The molecule has 0 spiro atoms. The van der Waals surface area contributed by atoms with Crippen molar-refractivity contribution in [2.24, 2.45) is 5.92 Å². The Morgan fingerprint density at radius 1 is 1.56 bits per heavy atom. The van der Waals surface area contributed by atoms with Crippen LogP contribution < -0.4 is 4.90 Å². The second-order valence-electron chi connectivity index (χ2n) is 4.24. The number of nitrogens with zero attached hydrogens (tertiary/aromatic N) is 3. The van der Waals surface area contributed by atoms with E-state index in [0.717, 1.165) is 24.8 Å². The maximum absolute atomic E-state index is 8.71. The van der Waals surface area contributed by atoms with Crippen LogP contribution in [0.25, 0.3) is 0 Å². The molecule has 0 saturated carbocycles. The third-order valence-electron chi connectivity index (χ3n) is 3.07. The van der Waals surface area contributed by atoms with Gasteiger partial charge in [0.2, 0.25) is 0 Å². The van der Waals surface area contributed by atoms with E-state index < -0.39 is 0 Å². The zero-order valence-electron chi connectivity index (χ0n) is 9.23. The predicted molar refractivity (Wildman–Crippen MR) is 72.8 cm³/mol. The van der Waals surface area contributed by atoms with Gasteiger partial charge >= 0.3 is 0 Å². The summed E-state index contributed by atoms with van der Waals surface area (Å²) in [6.45, 7) is 4.43. The standard InChI is InChI=1S/C12H14IN3/c1-9-4-5-16(8-11(9)13)12-3-2-10(6-14)7-15-12/h2-3,7,9,11H,4-5,8H2,1H3. The molecule has 16 heavy (non-hydrogen) atoms. The maximum atomic E-state index is 8.71. The van der Waals surface area contributed by atoms with E-state index in [2.05, 4.69) is 45.5 Å². The lowest BCUT2D eigenvalue weighted by molar-refractivity contribution is 0.461. The first-order valence-corrected chi connectivity index (χ1v) is 6.70. The van der Waals surface area contributed by atoms with Crippen molar-refractivity contribution in [3.8, 4) is 6.07 Å². The van der Waals surface area contributed by atoms with Crippen LogP contribution >= 0.6 is 22.6 Å². The highest BCUT2D eigenvalue weighted by Gasteiger charge is 2.24. The van der Waals surface area contributed by atoms with Crippen LogP contribution in [-0.2, 0) is 0 Å². The third-order valence-corrected chi connectivity index (χ3v) is 4.69. The fourth-order valence-electron chi connectivity index (χ4n) is 1.87. The van der Waals surface area contributed by atoms with Gasteiger partial charge in [-0.2, -0.15) is 5.26 Å². The van der Waals surface area contributed by atoms with E-state index in [1.54, 1.807) is 6.20 Å². The van der Waals surface area contributed by atoms with Gasteiger partial charge in [-0.25, -0.2) is 4.98 Å². The van der Waals surface area contributed by atoms with Crippen LogP contribution in [-0.4, -0.2) is 22.0 Å². The van der Waals surface area contributed by atoms with Gasteiger partial charge in [-0.1, -0.05) is 29.5 Å². The highest BCUT2D eigenvalue weighted by molar-refractivity contribution is 14.1. The van der Waals surface area contributed by atoms with Crippen molar-refractivity contribution in [2.75, 3.05) is 18.0 Å². The Bertz CT molecular complexity index is 396. The zero-order valence-corrected chi connectivity index (χ0v) is 11.4. The van der Waals surface area contributed by atoms with Crippen LogP contribution in [0, 0.1) is 17.2 Å². The Kier molecular flexibility index (Phi) is 3.64. The van der Waals surface area contributed by atoms with Gasteiger partial charge in [0, 0.05) is 23.2 Å².